The molecule has 0 spiro atoms. The summed E-state index contributed by atoms with van der Waals surface area (Å²) in [4.78, 5) is -0.989. The van der Waals surface area contributed by atoms with Crippen LogP contribution < -0.4 is 5.32 Å². The Morgan fingerprint density at radius 2 is 1.83 bits per heavy atom. The molecule has 0 radical (unpaired) electrons. The van der Waals surface area contributed by atoms with Crippen molar-refractivity contribution in [1.29, 1.82) is 5.26 Å². The van der Waals surface area contributed by atoms with Crippen molar-refractivity contribution in [3.63, 3.8) is 0 Å². The zero-order valence-corrected chi connectivity index (χ0v) is 13.6. The maximum absolute atomic E-state index is 12.5. The van der Waals surface area contributed by atoms with Gasteiger partial charge in [0.05, 0.1) is 4.90 Å². The molecule has 0 atom stereocenters. The number of rotatable bonds is 4. The topological polar surface area (TPSA) is 90.2 Å². The fourth-order valence-corrected chi connectivity index (χ4v) is 2.86. The first kappa shape index (κ1) is 18.2. The van der Waals surface area contributed by atoms with Gasteiger partial charge in [-0.05, 0) is 37.1 Å². The minimum absolute atomic E-state index is 0.0895. The van der Waals surface area contributed by atoms with E-state index in [9.17, 15) is 26.7 Å². The Labute approximate surface area is 141 Å². The molecule has 0 unspecified atom stereocenters. The summed E-state index contributed by atoms with van der Waals surface area (Å²) in [5.74, 6) is -0.218. The van der Waals surface area contributed by atoms with Crippen molar-refractivity contribution in [2.24, 2.45) is 5.92 Å². The Morgan fingerprint density at radius 3 is 2.25 bits per heavy atom. The molecule has 1 aromatic rings. The lowest BCUT2D eigenvalue weighted by Crippen LogP contribution is -2.23. The number of alkyl halides is 3. The van der Waals surface area contributed by atoms with Crippen molar-refractivity contribution in [2.45, 2.75) is 23.2 Å². The number of halogens is 3. The molecule has 0 aliphatic heterocycles. The van der Waals surface area contributed by atoms with Crippen molar-refractivity contribution >= 4 is 32.7 Å². The molecule has 0 amide bonds. The van der Waals surface area contributed by atoms with E-state index in [0.29, 0.717) is 0 Å². The number of aliphatic hydroxyl groups is 1. The molecule has 128 valence electrons. The molecule has 1 aliphatic rings. The highest BCUT2D eigenvalue weighted by Gasteiger charge is 2.46. The van der Waals surface area contributed by atoms with Crippen molar-refractivity contribution in [1.82, 2.24) is 0 Å². The van der Waals surface area contributed by atoms with Gasteiger partial charge in [-0.1, -0.05) is 12.2 Å². The molecule has 1 saturated carbocycles. The fourth-order valence-electron chi connectivity index (χ4n) is 1.83. The van der Waals surface area contributed by atoms with Crippen LogP contribution in [0.15, 0.2) is 40.5 Å². The van der Waals surface area contributed by atoms with Crippen LogP contribution >= 0.6 is 12.2 Å². The molecule has 0 aromatic heterocycles. The van der Waals surface area contributed by atoms with Crippen LogP contribution in [-0.2, 0) is 9.84 Å². The summed E-state index contributed by atoms with van der Waals surface area (Å²) in [7, 11) is -5.42. The number of aliphatic hydroxyl groups excluding tert-OH is 1. The molecule has 2 rings (SSSR count). The number of allylic oxidation sites excluding steroid dienone is 1. The predicted molar refractivity (Wildman–Crippen MR) is 83.9 cm³/mol. The quantitative estimate of drug-likeness (QED) is 0.362. The molecule has 1 fully saturated rings. The SMILES string of the molecule is N#C/C(C(=S)Nc1ccc(S(=O)(=O)C(F)(F)F)cc1)=C(/O)C1CC1. The van der Waals surface area contributed by atoms with E-state index in [2.05, 4.69) is 5.32 Å². The number of nitriles is 1. The van der Waals surface area contributed by atoms with E-state index >= 15 is 0 Å². The van der Waals surface area contributed by atoms with Gasteiger partial charge in [-0.15, -0.1) is 0 Å². The summed E-state index contributed by atoms with van der Waals surface area (Å²) in [6.45, 7) is 0. The summed E-state index contributed by atoms with van der Waals surface area (Å²) >= 11 is 5.00. The van der Waals surface area contributed by atoms with Crippen LogP contribution in [0.5, 0.6) is 0 Å². The molecule has 10 heteroatoms. The molecule has 2 N–H and O–H groups in total. The van der Waals surface area contributed by atoms with Crippen molar-refractivity contribution < 1.29 is 26.7 Å². The molecule has 0 heterocycles. The van der Waals surface area contributed by atoms with Crippen LogP contribution in [0.4, 0.5) is 18.9 Å². The second kappa shape index (κ2) is 6.41. The van der Waals surface area contributed by atoms with Gasteiger partial charge in [0.1, 0.15) is 22.4 Å². The lowest BCUT2D eigenvalue weighted by molar-refractivity contribution is -0.0436. The number of nitrogens with zero attached hydrogens (tertiary/aromatic N) is 1. The first-order valence-corrected chi connectivity index (χ1v) is 8.53. The monoisotopic (exact) mass is 376 g/mol. The fraction of sp³-hybridized carbons (Fsp3) is 0.286. The van der Waals surface area contributed by atoms with E-state index in [1.165, 1.54) is 0 Å². The number of nitrogens with one attached hydrogen (secondary N) is 1. The van der Waals surface area contributed by atoms with Crippen LogP contribution in [0.3, 0.4) is 0 Å². The zero-order valence-electron chi connectivity index (χ0n) is 12.0. The largest absolute Gasteiger partial charge is 0.511 e. The zero-order chi connectivity index (χ0) is 18.1. The Hall–Kier alpha value is -2.12. The third kappa shape index (κ3) is 3.68. The van der Waals surface area contributed by atoms with Gasteiger partial charge in [-0.25, -0.2) is 8.42 Å². The molecule has 1 aromatic carbocycles. The molecule has 0 saturated heterocycles. The molecule has 24 heavy (non-hydrogen) atoms. The van der Waals surface area contributed by atoms with E-state index in [1.807, 2.05) is 0 Å². The smallest absolute Gasteiger partial charge is 0.501 e. The third-order valence-corrected chi connectivity index (χ3v) is 5.09. The van der Waals surface area contributed by atoms with Gasteiger partial charge >= 0.3 is 5.51 Å². The maximum atomic E-state index is 12.5. The predicted octanol–water partition coefficient (Wildman–Crippen LogP) is 3.47. The lowest BCUT2D eigenvalue weighted by atomic mass is 10.2. The number of thiocarbonyl (C=S) groups is 1. The lowest BCUT2D eigenvalue weighted by Gasteiger charge is -2.11. The molecular weight excluding hydrogens is 365 g/mol. The second-order valence-corrected chi connectivity index (χ2v) is 7.42. The standard InChI is InChI=1S/C14H11F3N2O3S2/c15-14(16,17)24(21,22)10-5-3-9(4-6-10)19-13(23)11(7-18)12(20)8-1-2-8/h3-6,8,20H,1-2H2,(H,19,23)/b12-11-. The Bertz CT molecular complexity index is 834. The molecule has 0 bridgehead atoms. The second-order valence-electron chi connectivity index (χ2n) is 5.07. The van der Waals surface area contributed by atoms with Gasteiger partial charge in [0.2, 0.25) is 0 Å². The number of hydrogen-bond donors (Lipinski definition) is 2. The summed E-state index contributed by atoms with van der Waals surface area (Å²) < 4.78 is 59.9. The highest BCUT2D eigenvalue weighted by atomic mass is 32.2. The first-order chi connectivity index (χ1) is 11.1. The van der Waals surface area contributed by atoms with Crippen molar-refractivity contribution in [3.8, 4) is 6.07 Å². The van der Waals surface area contributed by atoms with Gasteiger partial charge in [-0.3, -0.25) is 0 Å². The summed E-state index contributed by atoms with van der Waals surface area (Å²) in [6, 6.07) is 5.53. The Kier molecular flexibility index (Phi) is 4.87. The van der Waals surface area contributed by atoms with E-state index in [1.54, 1.807) is 6.07 Å². The molecule has 1 aliphatic carbocycles. The van der Waals surface area contributed by atoms with E-state index in [-0.39, 0.29) is 27.9 Å². The maximum Gasteiger partial charge on any atom is 0.501 e. The van der Waals surface area contributed by atoms with Gasteiger partial charge in [0.15, 0.2) is 0 Å². The van der Waals surface area contributed by atoms with Crippen LogP contribution in [0, 0.1) is 17.2 Å². The highest BCUT2D eigenvalue weighted by Crippen LogP contribution is 2.36. The van der Waals surface area contributed by atoms with E-state index in [0.717, 1.165) is 37.1 Å². The number of anilines is 1. The highest BCUT2D eigenvalue weighted by molar-refractivity contribution is 7.92. The minimum atomic E-state index is -5.42. The van der Waals surface area contributed by atoms with Crippen LogP contribution in [-0.4, -0.2) is 24.0 Å². The van der Waals surface area contributed by atoms with Gasteiger partial charge in [0.25, 0.3) is 9.84 Å². The summed E-state index contributed by atoms with van der Waals surface area (Å²) in [5, 5.41) is 21.5. The average molecular weight is 376 g/mol. The van der Waals surface area contributed by atoms with Crippen molar-refractivity contribution in [3.05, 3.63) is 35.6 Å². The minimum Gasteiger partial charge on any atom is -0.511 e. The Balaban J connectivity index is 2.19. The van der Waals surface area contributed by atoms with E-state index < -0.39 is 20.2 Å². The van der Waals surface area contributed by atoms with Crippen molar-refractivity contribution in [2.75, 3.05) is 5.32 Å². The number of sulfone groups is 1. The number of hydrogen-bond acceptors (Lipinski definition) is 5. The summed E-state index contributed by atoms with van der Waals surface area (Å²) in [6.07, 6.45) is 1.51. The van der Waals surface area contributed by atoms with Crippen LogP contribution in [0.1, 0.15) is 12.8 Å². The first-order valence-electron chi connectivity index (χ1n) is 6.64. The van der Waals surface area contributed by atoms with Crippen LogP contribution in [0.25, 0.3) is 0 Å². The summed E-state index contributed by atoms with van der Waals surface area (Å²) in [5.41, 5.74) is -5.30. The Morgan fingerprint density at radius 1 is 1.29 bits per heavy atom. The van der Waals surface area contributed by atoms with Gasteiger partial charge in [-0.2, -0.15) is 18.4 Å². The normalized spacial score (nSPS) is 16.1. The third-order valence-electron chi connectivity index (χ3n) is 3.29. The van der Waals surface area contributed by atoms with E-state index in [4.69, 9.17) is 17.5 Å². The molecular formula is C14H11F3N2O3S2. The molecule has 5 nitrogen and oxygen atoms in total. The number of benzene rings is 1. The van der Waals surface area contributed by atoms with Crippen LogP contribution in [0.2, 0.25) is 0 Å². The van der Waals surface area contributed by atoms with Gasteiger partial charge in [0, 0.05) is 11.6 Å². The van der Waals surface area contributed by atoms with Gasteiger partial charge < -0.3 is 10.4 Å². The average Bonchev–Trinajstić information content (AvgIpc) is 3.31.